The van der Waals surface area contributed by atoms with Crippen LogP contribution in [-0.2, 0) is 0 Å². The number of hydrogen-bond acceptors (Lipinski definition) is 3. The predicted molar refractivity (Wildman–Crippen MR) is 93.9 cm³/mol. The average molecular weight is 329 g/mol. The number of hydrogen-bond donors (Lipinski definition) is 2. The fraction of sp³-hybridized carbons (Fsp3) is 0.588. The van der Waals surface area contributed by atoms with Gasteiger partial charge in [-0.05, 0) is 43.5 Å². The fourth-order valence-corrected chi connectivity index (χ4v) is 2.12. The highest BCUT2D eigenvalue weighted by Crippen LogP contribution is 2.16. The van der Waals surface area contributed by atoms with Crippen molar-refractivity contribution < 1.29 is 9.53 Å². The molecule has 0 heterocycles. The Kier molecular flexibility index (Phi) is 9.86. The predicted octanol–water partition coefficient (Wildman–Crippen LogP) is 3.53. The fourth-order valence-electron chi connectivity index (χ4n) is 2.12. The lowest BCUT2D eigenvalue weighted by Crippen LogP contribution is -2.52. The van der Waals surface area contributed by atoms with Gasteiger partial charge in [-0.3, -0.25) is 4.79 Å². The van der Waals surface area contributed by atoms with Crippen molar-refractivity contribution in [2.24, 2.45) is 5.73 Å². The minimum atomic E-state index is -0.312. The Balaban J connectivity index is 0.00000441. The molecule has 3 N–H and O–H groups in total. The van der Waals surface area contributed by atoms with Crippen LogP contribution in [0.5, 0.6) is 5.75 Å². The Morgan fingerprint density at radius 3 is 2.23 bits per heavy atom. The van der Waals surface area contributed by atoms with Crippen molar-refractivity contribution in [3.05, 3.63) is 29.8 Å². The van der Waals surface area contributed by atoms with E-state index in [1.54, 1.807) is 12.1 Å². The lowest BCUT2D eigenvalue weighted by molar-refractivity contribution is 0.0895. The van der Waals surface area contributed by atoms with E-state index in [9.17, 15) is 4.79 Å². The molecule has 4 nitrogen and oxygen atoms in total. The zero-order valence-electron chi connectivity index (χ0n) is 13.9. The summed E-state index contributed by atoms with van der Waals surface area (Å²) in [6.45, 7) is 7.37. The van der Waals surface area contributed by atoms with Gasteiger partial charge in [0.25, 0.3) is 5.91 Å². The van der Waals surface area contributed by atoms with Gasteiger partial charge in [0, 0.05) is 12.1 Å². The zero-order chi connectivity index (χ0) is 15.7. The molecule has 0 aromatic heterocycles. The van der Waals surface area contributed by atoms with Crippen molar-refractivity contribution in [2.45, 2.75) is 52.0 Å². The normalized spacial score (nSPS) is 10.7. The molecule has 126 valence electrons. The van der Waals surface area contributed by atoms with E-state index in [1.165, 1.54) is 0 Å². The van der Waals surface area contributed by atoms with E-state index in [2.05, 4.69) is 12.2 Å². The second-order valence-corrected chi connectivity index (χ2v) is 5.37. The summed E-state index contributed by atoms with van der Waals surface area (Å²) in [6, 6.07) is 7.27. The zero-order valence-corrected chi connectivity index (χ0v) is 14.7. The number of ether oxygens (including phenoxy) is 1. The van der Waals surface area contributed by atoms with Gasteiger partial charge >= 0.3 is 0 Å². The van der Waals surface area contributed by atoms with Crippen molar-refractivity contribution >= 4 is 18.3 Å². The Morgan fingerprint density at radius 2 is 1.77 bits per heavy atom. The molecular formula is C17H29ClN2O2. The van der Waals surface area contributed by atoms with Gasteiger partial charge in [-0.25, -0.2) is 0 Å². The highest BCUT2D eigenvalue weighted by Gasteiger charge is 2.26. The van der Waals surface area contributed by atoms with E-state index in [1.807, 2.05) is 26.0 Å². The molecule has 5 heteroatoms. The van der Waals surface area contributed by atoms with Gasteiger partial charge in [0.2, 0.25) is 0 Å². The van der Waals surface area contributed by atoms with Crippen LogP contribution in [0.3, 0.4) is 0 Å². The molecule has 22 heavy (non-hydrogen) atoms. The van der Waals surface area contributed by atoms with Crippen LogP contribution >= 0.6 is 12.4 Å². The number of nitrogens with two attached hydrogens (primary N) is 1. The first kappa shape index (κ1) is 20.7. The number of carbonyl (C=O) groups excluding carboxylic acids is 1. The maximum Gasteiger partial charge on any atom is 0.251 e. The van der Waals surface area contributed by atoms with Crippen LogP contribution in [0, 0.1) is 0 Å². The monoisotopic (exact) mass is 328 g/mol. The number of unbranched alkanes of at least 4 members (excludes halogenated alkanes) is 1. The average Bonchev–Trinajstić information content (AvgIpc) is 2.53. The summed E-state index contributed by atoms with van der Waals surface area (Å²) in [5.41, 5.74) is 6.14. The molecule has 1 amide bonds. The Labute approximate surface area is 140 Å². The lowest BCUT2D eigenvalue weighted by Gasteiger charge is -2.31. The molecule has 0 bridgehead atoms. The van der Waals surface area contributed by atoms with E-state index in [-0.39, 0.29) is 23.9 Å². The number of carbonyl (C=O) groups is 1. The van der Waals surface area contributed by atoms with Crippen molar-refractivity contribution in [1.29, 1.82) is 0 Å². The quantitative estimate of drug-likeness (QED) is 0.681. The standard InChI is InChI=1S/C17H28N2O2.ClH/c1-4-7-12-21-15-10-8-14(9-11-15)16(20)19-17(5-2,6-3)13-18;/h8-11H,4-7,12-13,18H2,1-3H3,(H,19,20);1H. The van der Waals surface area contributed by atoms with Gasteiger partial charge in [0.15, 0.2) is 0 Å². The third-order valence-corrected chi connectivity index (χ3v) is 4.01. The lowest BCUT2D eigenvalue weighted by atomic mass is 9.92. The summed E-state index contributed by atoms with van der Waals surface area (Å²) in [4.78, 5) is 12.3. The van der Waals surface area contributed by atoms with Crippen molar-refractivity contribution in [2.75, 3.05) is 13.2 Å². The third kappa shape index (κ3) is 5.85. The third-order valence-electron chi connectivity index (χ3n) is 4.01. The summed E-state index contributed by atoms with van der Waals surface area (Å²) in [5, 5.41) is 3.06. The molecule has 0 saturated heterocycles. The SMILES string of the molecule is CCCCOc1ccc(C(=O)NC(CC)(CC)CN)cc1.Cl. The molecule has 1 rings (SSSR count). The van der Waals surface area contributed by atoms with E-state index in [0.717, 1.165) is 31.4 Å². The molecule has 0 unspecified atom stereocenters. The van der Waals surface area contributed by atoms with Gasteiger partial charge < -0.3 is 15.8 Å². The van der Waals surface area contributed by atoms with Gasteiger partial charge in [0.1, 0.15) is 5.75 Å². The number of amides is 1. The molecule has 0 aliphatic carbocycles. The Hall–Kier alpha value is -1.26. The van der Waals surface area contributed by atoms with Crippen LogP contribution < -0.4 is 15.8 Å². The molecule has 0 spiro atoms. The molecule has 1 aromatic rings. The number of rotatable bonds is 9. The van der Waals surface area contributed by atoms with Crippen LogP contribution in [0.4, 0.5) is 0 Å². The molecule has 0 atom stereocenters. The summed E-state index contributed by atoms with van der Waals surface area (Å²) >= 11 is 0. The highest BCUT2D eigenvalue weighted by atomic mass is 35.5. The first-order valence-corrected chi connectivity index (χ1v) is 7.86. The Bertz CT molecular complexity index is 423. The molecule has 0 fully saturated rings. The first-order chi connectivity index (χ1) is 10.1. The number of halogens is 1. The highest BCUT2D eigenvalue weighted by molar-refractivity contribution is 5.94. The second-order valence-electron chi connectivity index (χ2n) is 5.37. The van der Waals surface area contributed by atoms with Gasteiger partial charge in [-0.15, -0.1) is 12.4 Å². The topological polar surface area (TPSA) is 64.3 Å². The minimum absolute atomic E-state index is 0. The molecule has 0 saturated carbocycles. The molecule has 0 radical (unpaired) electrons. The molecular weight excluding hydrogens is 300 g/mol. The maximum atomic E-state index is 12.3. The van der Waals surface area contributed by atoms with Crippen LogP contribution in [0.25, 0.3) is 0 Å². The number of nitrogens with one attached hydrogen (secondary N) is 1. The van der Waals surface area contributed by atoms with E-state index < -0.39 is 0 Å². The van der Waals surface area contributed by atoms with E-state index in [0.29, 0.717) is 18.7 Å². The van der Waals surface area contributed by atoms with E-state index in [4.69, 9.17) is 10.5 Å². The molecule has 0 aliphatic heterocycles. The van der Waals surface area contributed by atoms with Crippen LogP contribution in [0.1, 0.15) is 56.8 Å². The van der Waals surface area contributed by atoms with Gasteiger partial charge in [-0.2, -0.15) is 0 Å². The van der Waals surface area contributed by atoms with Crippen LogP contribution in [-0.4, -0.2) is 24.6 Å². The van der Waals surface area contributed by atoms with E-state index >= 15 is 0 Å². The first-order valence-electron chi connectivity index (χ1n) is 7.86. The smallest absolute Gasteiger partial charge is 0.251 e. The Morgan fingerprint density at radius 1 is 1.18 bits per heavy atom. The summed E-state index contributed by atoms with van der Waals surface area (Å²) in [5.74, 6) is 0.723. The summed E-state index contributed by atoms with van der Waals surface area (Å²) in [6.07, 6.45) is 3.79. The van der Waals surface area contributed by atoms with Crippen molar-refractivity contribution in [3.8, 4) is 5.75 Å². The minimum Gasteiger partial charge on any atom is -0.494 e. The number of benzene rings is 1. The molecule has 0 aliphatic rings. The molecule has 1 aromatic carbocycles. The summed E-state index contributed by atoms with van der Waals surface area (Å²) in [7, 11) is 0. The van der Waals surface area contributed by atoms with Gasteiger partial charge in [-0.1, -0.05) is 27.2 Å². The van der Waals surface area contributed by atoms with Crippen molar-refractivity contribution in [1.82, 2.24) is 5.32 Å². The van der Waals surface area contributed by atoms with Gasteiger partial charge in [0.05, 0.1) is 12.1 Å². The van der Waals surface area contributed by atoms with Crippen molar-refractivity contribution in [3.63, 3.8) is 0 Å². The summed E-state index contributed by atoms with van der Waals surface area (Å²) < 4.78 is 5.59. The van der Waals surface area contributed by atoms with Crippen LogP contribution in [0.2, 0.25) is 0 Å². The maximum absolute atomic E-state index is 12.3. The second kappa shape index (κ2) is 10.5. The van der Waals surface area contributed by atoms with Crippen LogP contribution in [0.15, 0.2) is 24.3 Å². The largest absolute Gasteiger partial charge is 0.494 e.